The molecular weight excluding hydrogens is 837 g/mol. The van der Waals surface area contributed by atoms with Crippen LogP contribution in [-0.4, -0.2) is 19.8 Å². The summed E-state index contributed by atoms with van der Waals surface area (Å²) in [7, 11) is -4.26. The van der Waals surface area contributed by atoms with E-state index in [1.165, 1.54) is 16.7 Å². The molecule has 2 aliphatic rings. The molecule has 62 heavy (non-hydrogen) atoms. The zero-order chi connectivity index (χ0) is 42.9. The Morgan fingerprint density at radius 3 is 1.27 bits per heavy atom. The van der Waals surface area contributed by atoms with Crippen LogP contribution in [0.5, 0.6) is 0 Å². The van der Waals surface area contributed by atoms with Gasteiger partial charge >= 0.3 is 27.1 Å². The number of hydrogen-bond donors (Lipinski definition) is 2. The van der Waals surface area contributed by atoms with Gasteiger partial charge in [0.15, 0.2) is 0 Å². The fourth-order valence-corrected chi connectivity index (χ4v) is 10.1. The molecule has 7 nitrogen and oxygen atoms in total. The summed E-state index contributed by atoms with van der Waals surface area (Å²) in [4.78, 5) is 41.3. The molecule has 0 saturated heterocycles. The topological polar surface area (TPSA) is 112 Å². The Hall–Kier alpha value is -5.75. The van der Waals surface area contributed by atoms with E-state index in [1.807, 2.05) is 24.3 Å². The van der Waals surface area contributed by atoms with Gasteiger partial charge in [-0.3, -0.25) is 4.57 Å². The van der Waals surface area contributed by atoms with Crippen molar-refractivity contribution < 1.29 is 33.8 Å². The van der Waals surface area contributed by atoms with Crippen LogP contribution in [0.1, 0.15) is 72.8 Å². The molecule has 0 spiro atoms. The molecule has 0 unspecified atom stereocenters. The number of aromatic nitrogens is 4. The second-order valence-corrected chi connectivity index (χ2v) is 18.4. The van der Waals surface area contributed by atoms with Crippen molar-refractivity contribution in [3.05, 3.63) is 164 Å². The second kappa shape index (κ2) is 16.5. The smallest absolute Gasteiger partial charge is 0.657 e. The summed E-state index contributed by atoms with van der Waals surface area (Å²) in [6.07, 6.45) is 7.99. The van der Waals surface area contributed by atoms with Crippen molar-refractivity contribution in [1.29, 1.82) is 0 Å². The first-order valence-electron chi connectivity index (χ1n) is 20.6. The molecule has 2 aliphatic heterocycles. The number of rotatable bonds is 6. The van der Waals surface area contributed by atoms with E-state index in [1.54, 1.807) is 12.1 Å². The van der Waals surface area contributed by atoms with E-state index in [9.17, 15) is 14.4 Å². The molecule has 0 saturated carbocycles. The molecule has 9 rings (SSSR count). The van der Waals surface area contributed by atoms with E-state index in [4.69, 9.17) is 19.9 Å². The van der Waals surface area contributed by atoms with Crippen molar-refractivity contribution in [3.63, 3.8) is 0 Å². The Bertz CT molecular complexity index is 3210. The number of hydrogen-bond acceptors (Lipinski definition) is 3. The average molecular weight is 884 g/mol. The monoisotopic (exact) mass is 882 g/mol. The molecule has 7 aromatic rings. The largest absolute Gasteiger partial charge is 2.00 e. The zero-order valence-electron chi connectivity index (χ0n) is 36.4. The van der Waals surface area contributed by atoms with Gasteiger partial charge in [0.25, 0.3) is 0 Å². The molecule has 9 heteroatoms. The van der Waals surface area contributed by atoms with Gasteiger partial charge in [0.2, 0.25) is 0 Å². The normalized spacial score (nSPS) is 12.2. The van der Waals surface area contributed by atoms with Crippen LogP contribution in [0.4, 0.5) is 0 Å². The van der Waals surface area contributed by atoms with Crippen molar-refractivity contribution in [2.45, 2.75) is 61.6 Å². The standard InChI is InChI=1S/C53H47N4O3P.Zn/c1-29-9-14-39(32(4)23-29)51-42-17-15-40(54-42)50(38-12-10-37(11-13-38)28-61(58,59)60)41-16-19-44(55-41)52(48-33(5)24-30(2)25-34(48)6)46-21-22-47(57-46)53(45-20-18-43(51)56-45)49-35(7)26-31(3)27-36(49)8;/h9-27H,28H2,1-8H3,(H2,58,59,60);/q-2;+2. The van der Waals surface area contributed by atoms with E-state index < -0.39 is 7.60 Å². The molecule has 304 valence electrons. The van der Waals surface area contributed by atoms with Gasteiger partial charge in [-0.1, -0.05) is 108 Å². The summed E-state index contributed by atoms with van der Waals surface area (Å²) in [5.41, 5.74) is 23.8. The van der Waals surface area contributed by atoms with Crippen molar-refractivity contribution >= 4 is 54.0 Å². The third kappa shape index (κ3) is 8.05. The maximum atomic E-state index is 11.9. The first kappa shape index (κ1) is 42.9. The van der Waals surface area contributed by atoms with E-state index in [-0.39, 0.29) is 25.6 Å². The Balaban J connectivity index is 0.00000529. The van der Waals surface area contributed by atoms with Gasteiger partial charge < -0.3 is 19.8 Å². The summed E-state index contributed by atoms with van der Waals surface area (Å²) >= 11 is 0. The molecule has 4 aromatic carbocycles. The number of nitrogens with zero attached hydrogens (tertiary/aromatic N) is 4. The summed E-state index contributed by atoms with van der Waals surface area (Å²) < 4.78 is 11.9. The van der Waals surface area contributed by atoms with Gasteiger partial charge in [-0.15, -0.1) is 22.1 Å². The average Bonchev–Trinajstić information content (AvgIpc) is 4.02. The van der Waals surface area contributed by atoms with Crippen molar-refractivity contribution in [1.82, 2.24) is 19.9 Å². The second-order valence-electron chi connectivity index (χ2n) is 16.7. The van der Waals surface area contributed by atoms with Crippen molar-refractivity contribution in [2.24, 2.45) is 0 Å². The first-order valence-corrected chi connectivity index (χ1v) is 22.4. The van der Waals surface area contributed by atoms with Crippen LogP contribution in [0.3, 0.4) is 0 Å². The van der Waals surface area contributed by atoms with Crippen LogP contribution in [0.15, 0.2) is 91.0 Å². The SMILES string of the molecule is Cc1ccc(-c2c3nc(c(-c4ccc(CP(=O)(O)O)cc4)c4ccc([n-]4)c(-c4c(C)cc(C)cc4C)c4nc(c(-c5c(C)cc(C)cc5C)c5ccc2[n-]5)C=C4)C=C3)c(C)c1.[Zn+2]. The van der Waals surface area contributed by atoms with Crippen LogP contribution in [0, 0.1) is 55.4 Å². The van der Waals surface area contributed by atoms with Gasteiger partial charge in [0.1, 0.15) is 0 Å². The molecule has 0 atom stereocenters. The third-order valence-electron chi connectivity index (χ3n) is 11.7. The van der Waals surface area contributed by atoms with E-state index in [0.717, 1.165) is 117 Å². The number of benzene rings is 4. The zero-order valence-corrected chi connectivity index (χ0v) is 40.3. The van der Waals surface area contributed by atoms with Crippen LogP contribution in [0.2, 0.25) is 0 Å². The first-order chi connectivity index (χ1) is 29.1. The van der Waals surface area contributed by atoms with Crippen LogP contribution < -0.4 is 9.97 Å². The van der Waals surface area contributed by atoms with Crippen molar-refractivity contribution in [3.8, 4) is 44.5 Å². The maximum absolute atomic E-state index is 11.9. The van der Waals surface area contributed by atoms with Crippen LogP contribution >= 0.6 is 7.60 Å². The van der Waals surface area contributed by atoms with Gasteiger partial charge in [-0.2, -0.15) is 0 Å². The molecule has 8 bridgehead atoms. The fraction of sp³-hybridized carbons (Fsp3) is 0.170. The Labute approximate surface area is 375 Å². The van der Waals surface area contributed by atoms with E-state index in [2.05, 4.69) is 134 Å². The Morgan fingerprint density at radius 2 is 0.839 bits per heavy atom. The van der Waals surface area contributed by atoms with Gasteiger partial charge in [-0.05, 0) is 158 Å². The maximum Gasteiger partial charge on any atom is 2.00 e. The summed E-state index contributed by atoms with van der Waals surface area (Å²) in [5.74, 6) is 0. The number of fused-ring (bicyclic) bond motifs is 8. The number of aryl methyl sites for hydroxylation is 8. The van der Waals surface area contributed by atoms with Gasteiger partial charge in [0, 0.05) is 0 Å². The minimum Gasteiger partial charge on any atom is -0.657 e. The molecule has 2 N–H and O–H groups in total. The predicted molar refractivity (Wildman–Crippen MR) is 252 cm³/mol. The molecule has 5 heterocycles. The minimum absolute atomic E-state index is 0. The molecule has 0 amide bonds. The summed E-state index contributed by atoms with van der Waals surface area (Å²) in [6, 6.07) is 31.0. The predicted octanol–water partition coefficient (Wildman–Crippen LogP) is 12.7. The molecule has 3 aromatic heterocycles. The molecular formula is C53H47N4O3PZn. The Morgan fingerprint density at radius 1 is 0.452 bits per heavy atom. The fourth-order valence-electron chi connectivity index (χ4n) is 9.43. The molecule has 0 fully saturated rings. The quantitative estimate of drug-likeness (QED) is 0.126. The van der Waals surface area contributed by atoms with Gasteiger partial charge in [-0.25, -0.2) is 9.97 Å². The molecule has 0 aliphatic carbocycles. The Kier molecular flexibility index (Phi) is 11.4. The van der Waals surface area contributed by atoms with E-state index in [0.29, 0.717) is 5.56 Å². The van der Waals surface area contributed by atoms with E-state index >= 15 is 0 Å². The molecule has 0 radical (unpaired) electrons. The van der Waals surface area contributed by atoms with Crippen molar-refractivity contribution in [2.75, 3.05) is 0 Å². The van der Waals surface area contributed by atoms with Crippen LogP contribution in [-0.2, 0) is 30.2 Å². The summed E-state index contributed by atoms with van der Waals surface area (Å²) in [5, 5.41) is 0. The summed E-state index contributed by atoms with van der Waals surface area (Å²) in [6.45, 7) is 17.1. The minimum atomic E-state index is -4.26. The van der Waals surface area contributed by atoms with Gasteiger partial charge in [0.05, 0.1) is 28.9 Å². The third-order valence-corrected chi connectivity index (χ3v) is 12.5. The van der Waals surface area contributed by atoms with Crippen LogP contribution in [0.25, 0.3) is 90.9 Å².